The maximum Gasteiger partial charge on any atom is 0.490 e. The van der Waals surface area contributed by atoms with E-state index in [0.29, 0.717) is 16.5 Å². The second-order valence-electron chi connectivity index (χ2n) is 10.9. The van der Waals surface area contributed by atoms with Crippen LogP contribution in [0, 0.1) is 5.92 Å². The van der Waals surface area contributed by atoms with Crippen molar-refractivity contribution in [2.24, 2.45) is 5.92 Å². The number of nitrogens with one attached hydrogen (secondary N) is 2. The smallest absolute Gasteiger partial charge is 0.475 e. The fourth-order valence-corrected chi connectivity index (χ4v) is 6.63. The van der Waals surface area contributed by atoms with Gasteiger partial charge in [0.25, 0.3) is 10.0 Å². The van der Waals surface area contributed by atoms with Crippen LogP contribution in [0.3, 0.4) is 0 Å². The van der Waals surface area contributed by atoms with Crippen molar-refractivity contribution < 1.29 is 36.3 Å². The van der Waals surface area contributed by atoms with Crippen LogP contribution in [0.4, 0.5) is 18.9 Å². The van der Waals surface area contributed by atoms with Crippen LogP contribution in [0.25, 0.3) is 0 Å². The zero-order valence-corrected chi connectivity index (χ0v) is 23.0. The number of benzene rings is 2. The van der Waals surface area contributed by atoms with Gasteiger partial charge in [-0.25, -0.2) is 13.2 Å². The lowest BCUT2D eigenvalue weighted by Gasteiger charge is -2.23. The Morgan fingerprint density at radius 3 is 2.08 bits per heavy atom. The molecule has 40 heavy (non-hydrogen) atoms. The monoisotopic (exact) mass is 580 g/mol. The van der Waals surface area contributed by atoms with Gasteiger partial charge in [-0.1, -0.05) is 37.5 Å². The molecule has 0 aromatic heterocycles. The first kappa shape index (κ1) is 29.9. The second kappa shape index (κ2) is 12.2. The average Bonchev–Trinajstić information content (AvgIpc) is 3.74. The number of sulfonamides is 1. The van der Waals surface area contributed by atoms with Gasteiger partial charge in [-0.2, -0.15) is 13.2 Å². The van der Waals surface area contributed by atoms with Gasteiger partial charge in [-0.15, -0.1) is 0 Å². The average molecular weight is 581 g/mol. The molecule has 0 saturated heterocycles. The number of alkyl halides is 3. The zero-order valence-electron chi connectivity index (χ0n) is 22.2. The lowest BCUT2D eigenvalue weighted by atomic mass is 9.88. The minimum absolute atomic E-state index is 0.121. The number of carboxylic acid groups (broad SMARTS) is 1. The van der Waals surface area contributed by atoms with E-state index in [0.717, 1.165) is 49.8 Å². The van der Waals surface area contributed by atoms with E-state index in [9.17, 15) is 26.4 Å². The molecule has 3 aliphatic carbocycles. The molecule has 3 N–H and O–H groups in total. The number of aryl methyl sites for hydroxylation is 2. The highest BCUT2D eigenvalue weighted by atomic mass is 32.2. The van der Waals surface area contributed by atoms with Gasteiger partial charge in [0.15, 0.2) is 0 Å². The number of carbonyl (C=O) groups excluding carboxylic acids is 1. The lowest BCUT2D eigenvalue weighted by Crippen LogP contribution is -2.38. The van der Waals surface area contributed by atoms with Crippen LogP contribution in [0.5, 0.6) is 0 Å². The third kappa shape index (κ3) is 7.35. The van der Waals surface area contributed by atoms with Crippen LogP contribution >= 0.6 is 0 Å². The summed E-state index contributed by atoms with van der Waals surface area (Å²) in [5.41, 5.74) is 3.47. The van der Waals surface area contributed by atoms with Crippen LogP contribution in [-0.4, -0.2) is 38.1 Å². The van der Waals surface area contributed by atoms with E-state index in [1.165, 1.54) is 44.1 Å². The van der Waals surface area contributed by atoms with Crippen molar-refractivity contribution in [1.82, 2.24) is 5.32 Å². The van der Waals surface area contributed by atoms with Gasteiger partial charge < -0.3 is 10.4 Å². The van der Waals surface area contributed by atoms with E-state index in [2.05, 4.69) is 10.0 Å². The fourth-order valence-electron chi connectivity index (χ4n) is 5.52. The first-order valence-corrected chi connectivity index (χ1v) is 15.2. The zero-order chi connectivity index (χ0) is 29.0. The Kier molecular flexibility index (Phi) is 9.12. The summed E-state index contributed by atoms with van der Waals surface area (Å²) in [6, 6.07) is 12.8. The number of carbonyl (C=O) groups is 2. The Balaban J connectivity index is 0.000000470. The summed E-state index contributed by atoms with van der Waals surface area (Å²) in [7, 11) is -3.65. The van der Waals surface area contributed by atoms with E-state index < -0.39 is 27.6 Å². The number of rotatable bonds is 7. The molecule has 0 atom stereocenters. The molecular weight excluding hydrogens is 545 g/mol. The van der Waals surface area contributed by atoms with E-state index in [1.807, 2.05) is 24.3 Å². The summed E-state index contributed by atoms with van der Waals surface area (Å²) >= 11 is 0. The van der Waals surface area contributed by atoms with Gasteiger partial charge in [0.05, 0.1) is 10.3 Å². The molecule has 7 nitrogen and oxygen atoms in total. The summed E-state index contributed by atoms with van der Waals surface area (Å²) in [4.78, 5) is 22.2. The normalized spacial score (nSPS) is 18.5. The Morgan fingerprint density at radius 2 is 1.50 bits per heavy atom. The molecule has 2 fully saturated rings. The molecule has 2 saturated carbocycles. The van der Waals surface area contributed by atoms with Gasteiger partial charge in [0.2, 0.25) is 5.91 Å². The predicted octanol–water partition coefficient (Wildman–Crippen LogP) is 5.73. The quantitative estimate of drug-likeness (QED) is 0.387. The minimum Gasteiger partial charge on any atom is -0.475 e. The molecule has 11 heteroatoms. The molecule has 0 aliphatic heterocycles. The van der Waals surface area contributed by atoms with Gasteiger partial charge in [-0.05, 0) is 98.2 Å². The summed E-state index contributed by atoms with van der Waals surface area (Å²) < 4.78 is 60.3. The van der Waals surface area contributed by atoms with Crippen molar-refractivity contribution in [2.45, 2.75) is 87.1 Å². The molecule has 0 radical (unpaired) electrons. The first-order valence-electron chi connectivity index (χ1n) is 13.7. The topological polar surface area (TPSA) is 113 Å². The predicted molar refractivity (Wildman–Crippen MR) is 145 cm³/mol. The summed E-state index contributed by atoms with van der Waals surface area (Å²) in [6.07, 6.45) is 7.16. The number of halogens is 3. The Hall–Kier alpha value is -3.08. The first-order chi connectivity index (χ1) is 18.9. The maximum atomic E-state index is 13.0. The molecule has 1 amide bonds. The number of aliphatic carboxylic acids is 1. The highest BCUT2D eigenvalue weighted by Gasteiger charge is 2.51. The summed E-state index contributed by atoms with van der Waals surface area (Å²) in [5.74, 6) is -2.03. The molecule has 0 unspecified atom stereocenters. The van der Waals surface area contributed by atoms with E-state index in [1.54, 1.807) is 18.2 Å². The van der Waals surface area contributed by atoms with Crippen LogP contribution < -0.4 is 10.0 Å². The highest BCUT2D eigenvalue weighted by molar-refractivity contribution is 7.92. The van der Waals surface area contributed by atoms with Crippen molar-refractivity contribution in [3.8, 4) is 0 Å². The molecule has 2 aromatic carbocycles. The van der Waals surface area contributed by atoms with Gasteiger partial charge in [0.1, 0.15) is 0 Å². The van der Waals surface area contributed by atoms with Crippen molar-refractivity contribution in [2.75, 3.05) is 11.3 Å². The molecular formula is C29H35F3N2O5S. The molecule has 0 bridgehead atoms. The number of amides is 1. The van der Waals surface area contributed by atoms with Crippen LogP contribution in [0.2, 0.25) is 0 Å². The number of carboxylic acids is 1. The standard InChI is InChI=1S/C27H34N2O3S.C2HF3O2/c30-26(28-19-20-6-2-1-3-7-20)27(16-17-27)23-11-13-24(14-12-23)29-33(31,32)25-15-10-21-8-4-5-9-22(21)18-25;3-2(4,5)1(6)7/h10-15,18,20,29H,1-9,16-17,19H2,(H,28,30);(H,6,7). The maximum absolute atomic E-state index is 13.0. The summed E-state index contributed by atoms with van der Waals surface area (Å²) in [6.45, 7) is 0.777. The Labute approximate surface area is 232 Å². The van der Waals surface area contributed by atoms with Gasteiger partial charge >= 0.3 is 12.1 Å². The third-order valence-electron chi connectivity index (χ3n) is 8.02. The Morgan fingerprint density at radius 1 is 0.900 bits per heavy atom. The SMILES string of the molecule is O=C(NCC1CCCCC1)C1(c2ccc(NS(=O)(=O)c3ccc4c(c3)CCCC4)cc2)CC1.O=C(O)C(F)(F)F. The fraction of sp³-hybridized carbons (Fsp3) is 0.517. The minimum atomic E-state index is -5.08. The van der Waals surface area contributed by atoms with Gasteiger partial charge in [0, 0.05) is 12.2 Å². The van der Waals surface area contributed by atoms with E-state index >= 15 is 0 Å². The lowest BCUT2D eigenvalue weighted by molar-refractivity contribution is -0.192. The van der Waals surface area contributed by atoms with E-state index in [-0.39, 0.29) is 5.91 Å². The highest BCUT2D eigenvalue weighted by Crippen LogP contribution is 2.48. The molecule has 2 aromatic rings. The van der Waals surface area contributed by atoms with Crippen LogP contribution in [0.1, 0.15) is 74.5 Å². The second-order valence-corrected chi connectivity index (χ2v) is 12.6. The molecule has 3 aliphatic rings. The number of hydrogen-bond acceptors (Lipinski definition) is 4. The van der Waals surface area contributed by atoms with Crippen molar-refractivity contribution >= 4 is 27.6 Å². The molecule has 0 heterocycles. The molecule has 218 valence electrons. The summed E-state index contributed by atoms with van der Waals surface area (Å²) in [5, 5.41) is 10.3. The van der Waals surface area contributed by atoms with Crippen LogP contribution in [0.15, 0.2) is 47.4 Å². The molecule has 5 rings (SSSR count). The largest absolute Gasteiger partial charge is 0.490 e. The third-order valence-corrected chi connectivity index (χ3v) is 9.40. The number of fused-ring (bicyclic) bond motifs is 1. The van der Waals surface area contributed by atoms with Crippen LogP contribution in [-0.2, 0) is 37.9 Å². The van der Waals surface area contributed by atoms with Gasteiger partial charge in [-0.3, -0.25) is 9.52 Å². The number of anilines is 1. The van der Waals surface area contributed by atoms with Crippen molar-refractivity contribution in [1.29, 1.82) is 0 Å². The molecule has 0 spiro atoms. The Bertz CT molecular complexity index is 1320. The number of hydrogen-bond donors (Lipinski definition) is 3. The van der Waals surface area contributed by atoms with Crippen molar-refractivity contribution in [3.63, 3.8) is 0 Å². The van der Waals surface area contributed by atoms with E-state index in [4.69, 9.17) is 9.90 Å². The van der Waals surface area contributed by atoms with Crippen molar-refractivity contribution in [3.05, 3.63) is 59.2 Å².